The lowest BCUT2D eigenvalue weighted by molar-refractivity contribution is -0.137. The Morgan fingerprint density at radius 3 is 2.79 bits per heavy atom. The van der Waals surface area contributed by atoms with Crippen LogP contribution >= 0.6 is 11.8 Å². The Morgan fingerprint density at radius 2 is 1.96 bits per heavy atom. The highest BCUT2D eigenvalue weighted by Gasteiger charge is 2.32. The highest BCUT2D eigenvalue weighted by Crippen LogP contribution is 2.39. The molecule has 0 saturated heterocycles. The SMILES string of the molecule is CN1CCSCCC(C)(c2cccc(CCC(=O)O)c2)c2cnc([nH]2)-c2cc(ccc2F)Oc2c(F)cc3[nH]ccc3c2CCC1=O. The number of fused-ring (bicyclic) bond motifs is 8. The van der Waals surface area contributed by atoms with Gasteiger partial charge in [-0.3, -0.25) is 9.59 Å². The molecular weight excluding hydrogens is 622 g/mol. The minimum Gasteiger partial charge on any atom is -0.481 e. The fraction of sp³-hybridized carbons (Fsp3) is 0.306. The lowest BCUT2D eigenvalue weighted by atomic mass is 9.77. The number of imidazole rings is 1. The summed E-state index contributed by atoms with van der Waals surface area (Å²) in [5.74, 6) is -0.0207. The van der Waals surface area contributed by atoms with Gasteiger partial charge < -0.3 is 24.7 Å². The first kappa shape index (κ1) is 32.3. The molecule has 2 aromatic heterocycles. The molecule has 6 rings (SSSR count). The van der Waals surface area contributed by atoms with Crippen molar-refractivity contribution < 1.29 is 28.2 Å². The Morgan fingerprint density at radius 1 is 1.11 bits per heavy atom. The van der Waals surface area contributed by atoms with Crippen LogP contribution in [0.25, 0.3) is 22.3 Å². The molecule has 1 aliphatic heterocycles. The van der Waals surface area contributed by atoms with Gasteiger partial charge in [0.15, 0.2) is 11.6 Å². The lowest BCUT2D eigenvalue weighted by Crippen LogP contribution is -2.29. The van der Waals surface area contributed by atoms with Crippen LogP contribution < -0.4 is 4.74 Å². The van der Waals surface area contributed by atoms with Crippen LogP contribution in [-0.2, 0) is 27.8 Å². The molecule has 0 saturated carbocycles. The maximum atomic E-state index is 15.5. The Labute approximate surface area is 275 Å². The number of carbonyl (C=O) groups excluding carboxylic acids is 1. The van der Waals surface area contributed by atoms with Gasteiger partial charge in [0, 0.05) is 78.2 Å². The Kier molecular flexibility index (Phi) is 9.35. The van der Waals surface area contributed by atoms with Crippen LogP contribution in [0.15, 0.2) is 67.0 Å². The van der Waals surface area contributed by atoms with Gasteiger partial charge in [0.1, 0.15) is 17.4 Å². The Hall–Kier alpha value is -4.64. The number of halogens is 2. The van der Waals surface area contributed by atoms with Gasteiger partial charge in [-0.2, -0.15) is 11.8 Å². The monoisotopic (exact) mass is 658 g/mol. The predicted octanol–water partition coefficient (Wildman–Crippen LogP) is 7.48. The third-order valence-electron chi connectivity index (χ3n) is 8.97. The Balaban J connectivity index is 1.42. The number of aryl methyl sites for hydroxylation is 2. The molecule has 11 heteroatoms. The van der Waals surface area contributed by atoms with E-state index in [9.17, 15) is 14.7 Å². The van der Waals surface area contributed by atoms with Crippen LogP contribution in [0.3, 0.4) is 0 Å². The first-order valence-electron chi connectivity index (χ1n) is 15.6. The highest BCUT2D eigenvalue weighted by molar-refractivity contribution is 7.99. The number of carbonyl (C=O) groups is 2. The number of aromatic nitrogens is 3. The quantitative estimate of drug-likeness (QED) is 0.185. The van der Waals surface area contributed by atoms with Gasteiger partial charge in [-0.05, 0) is 67.3 Å². The van der Waals surface area contributed by atoms with Gasteiger partial charge >= 0.3 is 5.97 Å². The molecule has 1 aliphatic rings. The zero-order valence-corrected chi connectivity index (χ0v) is 27.1. The first-order chi connectivity index (χ1) is 22.6. The summed E-state index contributed by atoms with van der Waals surface area (Å²) in [6.07, 6.45) is 4.98. The molecule has 1 unspecified atom stereocenters. The summed E-state index contributed by atoms with van der Waals surface area (Å²) in [6, 6.07) is 15.3. The van der Waals surface area contributed by atoms with Gasteiger partial charge in [0.25, 0.3) is 0 Å². The summed E-state index contributed by atoms with van der Waals surface area (Å²) in [6.45, 7) is 2.65. The number of hydrogen-bond donors (Lipinski definition) is 3. The zero-order chi connectivity index (χ0) is 33.1. The summed E-state index contributed by atoms with van der Waals surface area (Å²) in [4.78, 5) is 37.1. The molecule has 8 nitrogen and oxygen atoms in total. The van der Waals surface area contributed by atoms with E-state index in [-0.39, 0.29) is 42.2 Å². The highest BCUT2D eigenvalue weighted by atomic mass is 32.2. The van der Waals surface area contributed by atoms with Crippen molar-refractivity contribution >= 4 is 34.5 Å². The van der Waals surface area contributed by atoms with Gasteiger partial charge in [0.2, 0.25) is 5.91 Å². The van der Waals surface area contributed by atoms with Gasteiger partial charge in [-0.15, -0.1) is 0 Å². The number of nitrogens with one attached hydrogen (secondary N) is 2. The van der Waals surface area contributed by atoms with E-state index in [1.165, 1.54) is 24.3 Å². The van der Waals surface area contributed by atoms with Crippen molar-refractivity contribution in [3.8, 4) is 22.9 Å². The van der Waals surface area contributed by atoms with Crippen molar-refractivity contribution in [2.24, 2.45) is 0 Å². The topological polar surface area (TPSA) is 111 Å². The van der Waals surface area contributed by atoms with Crippen molar-refractivity contribution in [3.63, 3.8) is 0 Å². The molecule has 3 heterocycles. The number of nitrogens with zero attached hydrogens (tertiary/aromatic N) is 2. The molecule has 47 heavy (non-hydrogen) atoms. The minimum atomic E-state index is -0.858. The van der Waals surface area contributed by atoms with Crippen molar-refractivity contribution in [1.82, 2.24) is 19.9 Å². The molecule has 1 amide bonds. The second-order valence-electron chi connectivity index (χ2n) is 12.1. The average molecular weight is 659 g/mol. The number of aliphatic carboxylic acids is 1. The number of hydrogen-bond acceptors (Lipinski definition) is 5. The zero-order valence-electron chi connectivity index (χ0n) is 26.2. The first-order valence-corrected chi connectivity index (χ1v) is 16.7. The number of thioether (sulfide) groups is 1. The van der Waals surface area contributed by atoms with Crippen LogP contribution in [0.4, 0.5) is 8.78 Å². The summed E-state index contributed by atoms with van der Waals surface area (Å²) >= 11 is 1.73. The third-order valence-corrected chi connectivity index (χ3v) is 9.94. The van der Waals surface area contributed by atoms with Crippen molar-refractivity contribution in [2.75, 3.05) is 25.1 Å². The summed E-state index contributed by atoms with van der Waals surface area (Å²) in [5.41, 5.74) is 3.41. The van der Waals surface area contributed by atoms with Crippen molar-refractivity contribution in [3.05, 3.63) is 101 Å². The van der Waals surface area contributed by atoms with E-state index in [1.54, 1.807) is 36.1 Å². The lowest BCUT2D eigenvalue weighted by Gasteiger charge is -2.30. The Bertz CT molecular complexity index is 1940. The summed E-state index contributed by atoms with van der Waals surface area (Å²) in [5, 5.41) is 9.98. The predicted molar refractivity (Wildman–Crippen MR) is 179 cm³/mol. The molecule has 0 fully saturated rings. The van der Waals surface area contributed by atoms with E-state index in [0.717, 1.165) is 33.7 Å². The van der Waals surface area contributed by atoms with E-state index in [2.05, 4.69) is 21.9 Å². The normalized spacial score (nSPS) is 17.8. The van der Waals surface area contributed by atoms with E-state index in [0.29, 0.717) is 36.3 Å². The van der Waals surface area contributed by atoms with E-state index in [4.69, 9.17) is 4.74 Å². The van der Waals surface area contributed by atoms with Crippen molar-refractivity contribution in [2.45, 2.75) is 44.4 Å². The summed E-state index contributed by atoms with van der Waals surface area (Å²) in [7, 11) is 1.78. The maximum absolute atomic E-state index is 15.5. The van der Waals surface area contributed by atoms with Gasteiger partial charge in [0.05, 0.1) is 5.56 Å². The molecule has 244 valence electrons. The number of benzene rings is 3. The minimum absolute atomic E-state index is 0.00549. The molecule has 3 N–H and O–H groups in total. The number of carboxylic acids is 1. The fourth-order valence-corrected chi connectivity index (χ4v) is 7.23. The van der Waals surface area contributed by atoms with Gasteiger partial charge in [-0.25, -0.2) is 13.8 Å². The van der Waals surface area contributed by atoms with Crippen LogP contribution in [0.2, 0.25) is 0 Å². The third kappa shape index (κ3) is 6.90. The standard InChI is InChI=1S/C36H36F2N4O4S/c1-36(23-5-3-4-22(18-23)6-11-33(44)45)13-16-47-17-15-42(2)32(43)10-8-26-25-12-14-39-30(25)20-29(38)34(26)46-24-7-9-28(37)27(19-24)35-40-21-31(36)41-35/h3-5,7,9,12,14,18-21,39H,6,8,10-11,13,15-17H2,1-2H3,(H,40,41)(H,44,45). The number of H-pyrrole nitrogens is 2. The molecule has 1 atom stereocenters. The number of rotatable bonds is 4. The largest absolute Gasteiger partial charge is 0.481 e. The van der Waals surface area contributed by atoms with Crippen LogP contribution in [-0.4, -0.2) is 61.9 Å². The molecular formula is C36H36F2N4O4S. The smallest absolute Gasteiger partial charge is 0.303 e. The fourth-order valence-electron chi connectivity index (χ4n) is 6.07. The number of ether oxygens (including phenoxy) is 1. The number of carboxylic acid groups (broad SMARTS) is 1. The van der Waals surface area contributed by atoms with Crippen molar-refractivity contribution in [1.29, 1.82) is 0 Å². The molecule has 0 spiro atoms. The van der Waals surface area contributed by atoms with E-state index < -0.39 is 23.0 Å². The molecule has 3 aromatic carbocycles. The number of aromatic amines is 2. The van der Waals surface area contributed by atoms with Crippen LogP contribution in [0.1, 0.15) is 48.6 Å². The molecule has 5 aromatic rings. The van der Waals surface area contributed by atoms with E-state index in [1.807, 2.05) is 30.3 Å². The maximum Gasteiger partial charge on any atom is 0.303 e. The molecule has 4 bridgehead atoms. The number of amides is 1. The van der Waals surface area contributed by atoms with Crippen LogP contribution in [0, 0.1) is 11.6 Å². The average Bonchev–Trinajstić information content (AvgIpc) is 3.74. The van der Waals surface area contributed by atoms with E-state index >= 15 is 8.78 Å². The van der Waals surface area contributed by atoms with Crippen LogP contribution in [0.5, 0.6) is 11.5 Å². The molecule has 0 radical (unpaired) electrons. The second-order valence-corrected chi connectivity index (χ2v) is 13.3. The molecule has 0 aliphatic carbocycles. The van der Waals surface area contributed by atoms with Gasteiger partial charge in [-0.1, -0.05) is 24.3 Å². The second kappa shape index (κ2) is 13.6. The summed E-state index contributed by atoms with van der Waals surface area (Å²) < 4.78 is 37.1.